The van der Waals surface area contributed by atoms with Gasteiger partial charge >= 0.3 is 0 Å². The Balaban J connectivity index is 1.82. The van der Waals surface area contributed by atoms with E-state index in [4.69, 9.17) is 11.3 Å². The number of nitrogen functional groups attached to an aromatic ring is 1. The number of imidazole rings is 1. The molecule has 2 aromatic heterocycles. The molecular formula is C14H16N7+. The Kier molecular flexibility index (Phi) is 3.33. The molecule has 3 aromatic rings. The predicted molar refractivity (Wildman–Crippen MR) is 78.7 cm³/mol. The van der Waals surface area contributed by atoms with Gasteiger partial charge in [0, 0.05) is 6.07 Å². The van der Waals surface area contributed by atoms with E-state index in [1.165, 1.54) is 0 Å². The van der Waals surface area contributed by atoms with E-state index in [9.17, 15) is 0 Å². The minimum absolute atomic E-state index is 0.456. The maximum atomic E-state index is 7.21. The van der Waals surface area contributed by atoms with E-state index in [1.807, 2.05) is 42.6 Å². The van der Waals surface area contributed by atoms with E-state index in [1.54, 1.807) is 10.7 Å². The first-order valence-corrected chi connectivity index (χ1v) is 6.58. The largest absolute Gasteiger partial charge is 0.382 e. The molecule has 0 saturated carbocycles. The van der Waals surface area contributed by atoms with Crippen LogP contribution in [0.1, 0.15) is 11.3 Å². The van der Waals surface area contributed by atoms with Crippen LogP contribution in [0, 0.1) is 12.5 Å². The number of nitrogens with two attached hydrogens (primary N) is 2. The minimum atomic E-state index is 0.456. The average molecular weight is 282 g/mol. The Labute approximate surface area is 121 Å². The lowest BCUT2D eigenvalue weighted by Crippen LogP contribution is -2.76. The molecule has 1 aromatic carbocycles. The van der Waals surface area contributed by atoms with Crippen LogP contribution in [0.3, 0.4) is 0 Å². The van der Waals surface area contributed by atoms with Crippen molar-refractivity contribution in [2.24, 2.45) is 5.11 Å². The number of aromatic nitrogens is 3. The molecule has 0 atom stereocenters. The van der Waals surface area contributed by atoms with Crippen molar-refractivity contribution in [1.82, 2.24) is 14.6 Å². The van der Waals surface area contributed by atoms with Crippen molar-refractivity contribution < 1.29 is 5.32 Å². The van der Waals surface area contributed by atoms with E-state index < -0.39 is 0 Å². The van der Waals surface area contributed by atoms with Gasteiger partial charge in [0.05, 0.1) is 6.20 Å². The van der Waals surface area contributed by atoms with Crippen LogP contribution >= 0.6 is 0 Å². The van der Waals surface area contributed by atoms with Gasteiger partial charge in [-0.2, -0.15) is 10.2 Å². The number of rotatable bonds is 4. The summed E-state index contributed by atoms with van der Waals surface area (Å²) in [5.41, 5.74) is 17.2. The molecule has 106 valence electrons. The third kappa shape index (κ3) is 2.72. The summed E-state index contributed by atoms with van der Waals surface area (Å²) in [7, 11) is 0. The summed E-state index contributed by atoms with van der Waals surface area (Å²) in [6, 6.07) is 9.62. The molecular weight excluding hydrogens is 266 g/mol. The van der Waals surface area contributed by atoms with E-state index >= 15 is 0 Å². The topological polar surface area (TPSA) is 109 Å². The van der Waals surface area contributed by atoms with E-state index in [0.717, 1.165) is 22.6 Å². The predicted octanol–water partition coefficient (Wildman–Crippen LogP) is 1.68. The molecule has 0 aliphatic carbocycles. The van der Waals surface area contributed by atoms with Crippen molar-refractivity contribution in [3.8, 4) is 0 Å². The SMILES string of the molecule is Cc1ccc(N=N)c([NH2+]Cc2ccc3nc(N)cn3n2)c1. The number of aryl methyl sites for hydroxylation is 1. The van der Waals surface area contributed by atoms with Crippen molar-refractivity contribution in [3.05, 3.63) is 47.8 Å². The van der Waals surface area contributed by atoms with Gasteiger partial charge in [0.1, 0.15) is 23.7 Å². The summed E-state index contributed by atoms with van der Waals surface area (Å²) in [6.07, 6.45) is 1.69. The Hall–Kier alpha value is -2.80. The fourth-order valence-corrected chi connectivity index (χ4v) is 2.20. The Morgan fingerprint density at radius 3 is 3.00 bits per heavy atom. The van der Waals surface area contributed by atoms with Gasteiger partial charge in [0.15, 0.2) is 11.3 Å². The fraction of sp³-hybridized carbons (Fsp3) is 0.143. The van der Waals surface area contributed by atoms with Gasteiger partial charge in [-0.3, -0.25) is 0 Å². The second kappa shape index (κ2) is 5.29. The quantitative estimate of drug-likeness (QED) is 0.500. The summed E-state index contributed by atoms with van der Waals surface area (Å²) in [5, 5.41) is 10.0. The van der Waals surface area contributed by atoms with E-state index in [0.29, 0.717) is 18.1 Å². The zero-order valence-electron chi connectivity index (χ0n) is 11.6. The molecule has 5 N–H and O–H groups in total. The van der Waals surface area contributed by atoms with E-state index in [2.05, 4.69) is 15.2 Å². The molecule has 0 amide bonds. The maximum Gasteiger partial charge on any atom is 0.157 e. The minimum Gasteiger partial charge on any atom is -0.382 e. The zero-order valence-corrected chi connectivity index (χ0v) is 11.6. The molecule has 0 aliphatic heterocycles. The molecule has 2 heterocycles. The van der Waals surface area contributed by atoms with Crippen molar-refractivity contribution in [3.63, 3.8) is 0 Å². The summed E-state index contributed by atoms with van der Waals surface area (Å²) in [6.45, 7) is 2.67. The highest BCUT2D eigenvalue weighted by atomic mass is 15.3. The number of hydrogen-bond donors (Lipinski definition) is 3. The normalized spacial score (nSPS) is 10.9. The van der Waals surface area contributed by atoms with Gasteiger partial charge in [0.2, 0.25) is 0 Å². The number of quaternary nitrogens is 1. The number of nitrogens with one attached hydrogen (secondary N) is 1. The van der Waals surface area contributed by atoms with Crippen LogP contribution in [0.25, 0.3) is 5.65 Å². The molecule has 7 heteroatoms. The highest BCUT2D eigenvalue weighted by molar-refractivity contribution is 5.57. The number of hydrogen-bond acceptors (Lipinski definition) is 5. The van der Waals surface area contributed by atoms with Gasteiger partial charge in [-0.25, -0.2) is 15.0 Å². The molecule has 3 rings (SSSR count). The average Bonchev–Trinajstić information content (AvgIpc) is 2.84. The standard InChI is InChI=1S/C14H15N7/c1-9-2-4-11(19-16)12(6-9)17-7-10-3-5-14-18-13(15)8-21(14)20-10/h2-6,8,16-17H,7,15H2,1H3/p+1. The summed E-state index contributed by atoms with van der Waals surface area (Å²) in [4.78, 5) is 4.14. The third-order valence-corrected chi connectivity index (χ3v) is 3.23. The van der Waals surface area contributed by atoms with Crippen LogP contribution in [0.2, 0.25) is 0 Å². The highest BCUT2D eigenvalue weighted by Gasteiger charge is 2.08. The Bertz CT molecular complexity index is 806. The van der Waals surface area contributed by atoms with Crippen LogP contribution in [-0.4, -0.2) is 14.6 Å². The van der Waals surface area contributed by atoms with Crippen molar-refractivity contribution in [1.29, 1.82) is 5.53 Å². The maximum absolute atomic E-state index is 7.21. The lowest BCUT2D eigenvalue weighted by molar-refractivity contribution is -0.588. The number of nitrogens with zero attached hydrogens (tertiary/aromatic N) is 4. The first-order chi connectivity index (χ1) is 10.2. The van der Waals surface area contributed by atoms with Crippen LogP contribution in [-0.2, 0) is 6.54 Å². The second-order valence-corrected chi connectivity index (χ2v) is 4.88. The summed E-state index contributed by atoms with van der Waals surface area (Å²) >= 11 is 0. The van der Waals surface area contributed by atoms with Crippen molar-refractivity contribution in [2.75, 3.05) is 5.73 Å². The first-order valence-electron chi connectivity index (χ1n) is 6.58. The smallest absolute Gasteiger partial charge is 0.157 e. The summed E-state index contributed by atoms with van der Waals surface area (Å²) < 4.78 is 1.67. The Morgan fingerprint density at radius 2 is 2.19 bits per heavy atom. The number of anilines is 1. The van der Waals surface area contributed by atoms with Crippen molar-refractivity contribution >= 4 is 22.8 Å². The van der Waals surface area contributed by atoms with Crippen LogP contribution in [0.15, 0.2) is 41.6 Å². The molecule has 0 aliphatic rings. The Morgan fingerprint density at radius 1 is 1.33 bits per heavy atom. The molecule has 0 unspecified atom stereocenters. The molecule has 0 saturated heterocycles. The number of benzene rings is 1. The molecule has 7 nitrogen and oxygen atoms in total. The third-order valence-electron chi connectivity index (χ3n) is 3.23. The molecule has 0 bridgehead atoms. The fourth-order valence-electron chi connectivity index (χ4n) is 2.20. The van der Waals surface area contributed by atoms with Crippen LogP contribution in [0.4, 0.5) is 17.2 Å². The zero-order chi connectivity index (χ0) is 14.8. The van der Waals surface area contributed by atoms with Crippen LogP contribution < -0.4 is 11.1 Å². The lowest BCUT2D eigenvalue weighted by Gasteiger charge is -2.04. The van der Waals surface area contributed by atoms with Gasteiger partial charge in [-0.15, -0.1) is 0 Å². The van der Waals surface area contributed by atoms with Gasteiger partial charge in [0.25, 0.3) is 0 Å². The second-order valence-electron chi connectivity index (χ2n) is 4.88. The highest BCUT2D eigenvalue weighted by Crippen LogP contribution is 2.21. The lowest BCUT2D eigenvalue weighted by atomic mass is 10.2. The molecule has 0 spiro atoms. The molecule has 0 fully saturated rings. The van der Waals surface area contributed by atoms with Gasteiger partial charge in [-0.1, -0.05) is 6.07 Å². The molecule has 21 heavy (non-hydrogen) atoms. The number of fused-ring (bicyclic) bond motifs is 1. The first kappa shape index (κ1) is 13.2. The summed E-state index contributed by atoms with van der Waals surface area (Å²) in [5.74, 6) is 0.456. The van der Waals surface area contributed by atoms with E-state index in [-0.39, 0.29) is 0 Å². The van der Waals surface area contributed by atoms with Gasteiger partial charge < -0.3 is 11.1 Å². The van der Waals surface area contributed by atoms with Gasteiger partial charge in [-0.05, 0) is 30.7 Å². The van der Waals surface area contributed by atoms with Crippen molar-refractivity contribution in [2.45, 2.75) is 13.5 Å². The monoisotopic (exact) mass is 282 g/mol. The van der Waals surface area contributed by atoms with Crippen LogP contribution in [0.5, 0.6) is 0 Å². The molecule has 0 radical (unpaired) electrons.